The van der Waals surface area contributed by atoms with Crippen molar-refractivity contribution in [1.82, 2.24) is 24.7 Å². The Bertz CT molecular complexity index is 929. The molecule has 0 aliphatic heterocycles. The van der Waals surface area contributed by atoms with E-state index in [1.54, 1.807) is 23.0 Å². The lowest BCUT2D eigenvalue weighted by atomic mass is 10.1. The summed E-state index contributed by atoms with van der Waals surface area (Å²) in [5.41, 5.74) is 2.15. The molecule has 3 aromatic rings. The van der Waals surface area contributed by atoms with Gasteiger partial charge in [0.05, 0.1) is 5.69 Å². The van der Waals surface area contributed by atoms with Crippen LogP contribution < -0.4 is 4.74 Å². The van der Waals surface area contributed by atoms with Crippen molar-refractivity contribution in [1.29, 1.82) is 0 Å². The number of aryl methyl sites for hydroxylation is 2. The molecule has 0 bridgehead atoms. The number of rotatable bonds is 4. The molecular weight excluding hydrogens is 318 g/mol. The Hall–Kier alpha value is -3.09. The van der Waals surface area contributed by atoms with E-state index in [2.05, 4.69) is 20.1 Å². The van der Waals surface area contributed by atoms with E-state index in [1.807, 2.05) is 26.1 Å². The molecule has 7 nitrogen and oxygen atoms in total. The zero-order valence-electron chi connectivity index (χ0n) is 14.0. The smallest absolute Gasteiger partial charge is 0.346 e. The van der Waals surface area contributed by atoms with Crippen molar-refractivity contribution in [2.75, 3.05) is 0 Å². The SMILES string of the molecule is Cc1ncc(C(=O)Oc2ccc(-c3ncnn3C)cc2)c(C2CC2)n1. The average molecular weight is 335 g/mol. The van der Waals surface area contributed by atoms with E-state index in [0.717, 1.165) is 29.9 Å². The first-order chi connectivity index (χ1) is 12.1. The minimum absolute atomic E-state index is 0.350. The molecule has 0 saturated heterocycles. The van der Waals surface area contributed by atoms with Gasteiger partial charge in [-0.1, -0.05) is 0 Å². The number of nitrogens with zero attached hydrogens (tertiary/aromatic N) is 5. The van der Waals surface area contributed by atoms with Crippen molar-refractivity contribution in [3.05, 3.63) is 53.9 Å². The maximum atomic E-state index is 12.5. The molecule has 1 fully saturated rings. The zero-order chi connectivity index (χ0) is 17.4. The minimum atomic E-state index is -0.423. The number of esters is 1. The van der Waals surface area contributed by atoms with Crippen LogP contribution >= 0.6 is 0 Å². The largest absolute Gasteiger partial charge is 0.423 e. The summed E-state index contributed by atoms with van der Waals surface area (Å²) in [7, 11) is 1.83. The van der Waals surface area contributed by atoms with Crippen molar-refractivity contribution in [2.24, 2.45) is 7.05 Å². The van der Waals surface area contributed by atoms with Crippen molar-refractivity contribution < 1.29 is 9.53 Å². The van der Waals surface area contributed by atoms with Gasteiger partial charge in [0.25, 0.3) is 0 Å². The van der Waals surface area contributed by atoms with Crippen LogP contribution in [0.3, 0.4) is 0 Å². The first-order valence-electron chi connectivity index (χ1n) is 8.12. The van der Waals surface area contributed by atoms with E-state index >= 15 is 0 Å². The van der Waals surface area contributed by atoms with E-state index in [1.165, 1.54) is 6.33 Å². The number of hydrogen-bond donors (Lipinski definition) is 0. The molecule has 0 N–H and O–H groups in total. The Balaban J connectivity index is 1.54. The molecule has 126 valence electrons. The van der Waals surface area contributed by atoms with Gasteiger partial charge < -0.3 is 4.74 Å². The van der Waals surface area contributed by atoms with E-state index < -0.39 is 5.97 Å². The highest BCUT2D eigenvalue weighted by molar-refractivity contribution is 5.92. The van der Waals surface area contributed by atoms with E-state index in [9.17, 15) is 4.79 Å². The van der Waals surface area contributed by atoms with Gasteiger partial charge in [0.2, 0.25) is 0 Å². The number of ether oxygens (including phenoxy) is 1. The first-order valence-corrected chi connectivity index (χ1v) is 8.12. The van der Waals surface area contributed by atoms with E-state index in [4.69, 9.17) is 4.74 Å². The lowest BCUT2D eigenvalue weighted by molar-refractivity contribution is 0.0732. The van der Waals surface area contributed by atoms with Crippen molar-refractivity contribution in [3.63, 3.8) is 0 Å². The minimum Gasteiger partial charge on any atom is -0.423 e. The molecule has 4 rings (SSSR count). The van der Waals surface area contributed by atoms with Crippen molar-refractivity contribution >= 4 is 5.97 Å². The van der Waals surface area contributed by atoms with Crippen LogP contribution in [0, 0.1) is 6.92 Å². The van der Waals surface area contributed by atoms with Crippen molar-refractivity contribution in [3.8, 4) is 17.1 Å². The second-order valence-electron chi connectivity index (χ2n) is 6.11. The van der Waals surface area contributed by atoms with Gasteiger partial charge >= 0.3 is 5.97 Å². The second-order valence-corrected chi connectivity index (χ2v) is 6.11. The molecule has 0 spiro atoms. The van der Waals surface area contributed by atoms with Gasteiger partial charge in [-0.05, 0) is 44.0 Å². The summed E-state index contributed by atoms with van der Waals surface area (Å²) >= 11 is 0. The van der Waals surface area contributed by atoms with Crippen LogP contribution in [-0.2, 0) is 7.05 Å². The van der Waals surface area contributed by atoms with Gasteiger partial charge in [-0.25, -0.2) is 24.4 Å². The molecule has 1 aliphatic rings. The standard InChI is InChI=1S/C18H17N5O2/c1-11-19-9-15(16(22-11)12-3-4-12)18(24)25-14-7-5-13(6-8-14)17-20-10-21-23(17)2/h5-10,12H,3-4H2,1-2H3. The third kappa shape index (κ3) is 3.13. The summed E-state index contributed by atoms with van der Waals surface area (Å²) in [6.07, 6.45) is 5.18. The molecule has 25 heavy (non-hydrogen) atoms. The number of carbonyl (C=O) groups is 1. The monoisotopic (exact) mass is 335 g/mol. The molecule has 2 heterocycles. The molecular formula is C18H17N5O2. The number of hydrogen-bond acceptors (Lipinski definition) is 6. The molecule has 0 amide bonds. The zero-order valence-corrected chi connectivity index (χ0v) is 14.0. The Morgan fingerprint density at radius 2 is 1.96 bits per heavy atom. The topological polar surface area (TPSA) is 82.8 Å². The predicted molar refractivity (Wildman–Crippen MR) is 90.1 cm³/mol. The predicted octanol–water partition coefficient (Wildman–Crippen LogP) is 2.68. The van der Waals surface area contributed by atoms with E-state index in [0.29, 0.717) is 23.1 Å². The molecule has 0 radical (unpaired) electrons. The molecule has 2 aromatic heterocycles. The van der Waals surface area contributed by atoms with Crippen LogP contribution in [0.2, 0.25) is 0 Å². The fourth-order valence-electron chi connectivity index (χ4n) is 2.70. The summed E-state index contributed by atoms with van der Waals surface area (Å²) < 4.78 is 7.19. The van der Waals surface area contributed by atoms with Crippen molar-refractivity contribution in [2.45, 2.75) is 25.7 Å². The highest BCUT2D eigenvalue weighted by atomic mass is 16.5. The molecule has 0 atom stereocenters. The summed E-state index contributed by atoms with van der Waals surface area (Å²) in [5.74, 6) is 1.82. The Kier molecular flexibility index (Phi) is 3.76. The van der Waals surface area contributed by atoms with E-state index in [-0.39, 0.29) is 0 Å². The van der Waals surface area contributed by atoms with Crippen LogP contribution in [0.4, 0.5) is 0 Å². The first kappa shape index (κ1) is 15.4. The van der Waals surface area contributed by atoms with Crippen LogP contribution in [0.15, 0.2) is 36.8 Å². The lowest BCUT2D eigenvalue weighted by Crippen LogP contribution is -2.13. The Morgan fingerprint density at radius 1 is 1.20 bits per heavy atom. The third-order valence-corrected chi connectivity index (χ3v) is 4.16. The fourth-order valence-corrected chi connectivity index (χ4v) is 2.70. The lowest BCUT2D eigenvalue weighted by Gasteiger charge is -2.09. The summed E-state index contributed by atoms with van der Waals surface area (Å²) in [6, 6.07) is 7.18. The maximum absolute atomic E-state index is 12.5. The Labute approximate surface area is 144 Å². The number of benzene rings is 1. The van der Waals surface area contributed by atoms with Crippen LogP contribution in [-0.4, -0.2) is 30.7 Å². The molecule has 1 aliphatic carbocycles. The molecule has 1 saturated carbocycles. The third-order valence-electron chi connectivity index (χ3n) is 4.16. The molecule has 7 heteroatoms. The van der Waals surface area contributed by atoms with Gasteiger partial charge in [0, 0.05) is 24.7 Å². The Morgan fingerprint density at radius 3 is 2.60 bits per heavy atom. The van der Waals surface area contributed by atoms with Crippen LogP contribution in [0.25, 0.3) is 11.4 Å². The van der Waals surface area contributed by atoms with Crippen LogP contribution in [0.5, 0.6) is 5.75 Å². The summed E-state index contributed by atoms with van der Waals surface area (Å²) in [4.78, 5) is 25.3. The maximum Gasteiger partial charge on any atom is 0.346 e. The van der Waals surface area contributed by atoms with Gasteiger partial charge in [-0.3, -0.25) is 0 Å². The fraction of sp³-hybridized carbons (Fsp3) is 0.278. The van der Waals surface area contributed by atoms with Crippen LogP contribution in [0.1, 0.15) is 40.6 Å². The highest BCUT2D eigenvalue weighted by Crippen LogP contribution is 2.40. The van der Waals surface area contributed by atoms with Gasteiger partial charge in [0.15, 0.2) is 5.82 Å². The van der Waals surface area contributed by atoms with Gasteiger partial charge in [0.1, 0.15) is 23.5 Å². The summed E-state index contributed by atoms with van der Waals surface area (Å²) in [6.45, 7) is 1.83. The average Bonchev–Trinajstić information content (AvgIpc) is 3.37. The van der Waals surface area contributed by atoms with Gasteiger partial charge in [-0.2, -0.15) is 5.10 Å². The number of aromatic nitrogens is 5. The molecule has 0 unspecified atom stereocenters. The highest BCUT2D eigenvalue weighted by Gasteiger charge is 2.30. The summed E-state index contributed by atoms with van der Waals surface area (Å²) in [5, 5.41) is 4.05. The molecule has 1 aromatic carbocycles. The quantitative estimate of drug-likeness (QED) is 0.538. The normalized spacial score (nSPS) is 13.7. The number of carbonyl (C=O) groups excluding carboxylic acids is 1. The van der Waals surface area contributed by atoms with Gasteiger partial charge in [-0.15, -0.1) is 0 Å². The second kappa shape index (κ2) is 6.08.